The van der Waals surface area contributed by atoms with Crippen LogP contribution in [0.4, 0.5) is 0 Å². The van der Waals surface area contributed by atoms with Gasteiger partial charge in [-0.2, -0.15) is 0 Å². The molecule has 268 valence electrons. The summed E-state index contributed by atoms with van der Waals surface area (Å²) in [6, 6.07) is 62.4. The molecule has 57 heavy (non-hydrogen) atoms. The predicted octanol–water partition coefficient (Wildman–Crippen LogP) is 13.7. The van der Waals surface area contributed by atoms with E-state index in [1.165, 1.54) is 27.1 Å². The Bertz CT molecular complexity index is 3160. The number of hydrogen-bond donors (Lipinski definition) is 0. The molecule has 0 fully saturated rings. The van der Waals surface area contributed by atoms with Crippen LogP contribution in [0.25, 0.3) is 99.9 Å². The second kappa shape index (κ2) is 13.7. The zero-order valence-corrected chi connectivity index (χ0v) is 31.2. The van der Waals surface area contributed by atoms with Gasteiger partial charge in [0.2, 0.25) is 0 Å². The number of allylic oxidation sites excluding steroid dienone is 4. The summed E-state index contributed by atoms with van der Waals surface area (Å²) in [5.41, 5.74) is 10.9. The number of rotatable bonds is 6. The van der Waals surface area contributed by atoms with Crippen LogP contribution in [0.1, 0.15) is 18.4 Å². The molecular weight excluding hydrogens is 693 g/mol. The molecular formula is C53H36N4. The van der Waals surface area contributed by atoms with Gasteiger partial charge in [-0.15, -0.1) is 0 Å². The molecule has 0 atom stereocenters. The largest absolute Gasteiger partial charge is 0.308 e. The predicted molar refractivity (Wildman–Crippen MR) is 237 cm³/mol. The van der Waals surface area contributed by atoms with Crippen molar-refractivity contribution in [1.29, 1.82) is 0 Å². The molecule has 2 aromatic heterocycles. The third kappa shape index (κ3) is 5.57. The smallest absolute Gasteiger partial charge is 0.165 e. The molecule has 11 rings (SSSR count). The van der Waals surface area contributed by atoms with E-state index in [4.69, 9.17) is 15.0 Å². The molecule has 0 bridgehead atoms. The van der Waals surface area contributed by atoms with Gasteiger partial charge in [0.15, 0.2) is 17.5 Å². The first kappa shape index (κ1) is 33.0. The topological polar surface area (TPSA) is 43.6 Å². The Balaban J connectivity index is 1.35. The highest BCUT2D eigenvalue weighted by Crippen LogP contribution is 2.49. The van der Waals surface area contributed by atoms with Gasteiger partial charge in [0.25, 0.3) is 0 Å². The summed E-state index contributed by atoms with van der Waals surface area (Å²) in [6.45, 7) is 0. The zero-order valence-electron chi connectivity index (χ0n) is 31.2. The van der Waals surface area contributed by atoms with Gasteiger partial charge in [-0.25, -0.2) is 15.0 Å². The fourth-order valence-electron chi connectivity index (χ4n) is 8.67. The van der Waals surface area contributed by atoms with Gasteiger partial charge in [-0.3, -0.25) is 0 Å². The van der Waals surface area contributed by atoms with Gasteiger partial charge in [0, 0.05) is 44.0 Å². The van der Waals surface area contributed by atoms with Gasteiger partial charge in [-0.1, -0.05) is 176 Å². The standard InChI is InChI=1S/C53H36N4/c1-5-19-35(20-6-1)47-48(36-21-7-2-8-22-36)50(57-45-32-18-17-29-41(45)44-33-39-27-13-14-28-40(39)34-46(44)57)43-31-16-15-30-42(43)49(47)53-55-51(37-23-9-3-10-24-37)54-52(56-53)38-25-11-4-12-26-38/h2-5,7-34H,1,6H2. The molecule has 0 amide bonds. The lowest BCUT2D eigenvalue weighted by molar-refractivity contribution is 1.04. The van der Waals surface area contributed by atoms with Crippen LogP contribution in [-0.2, 0) is 0 Å². The Morgan fingerprint density at radius 2 is 0.930 bits per heavy atom. The molecule has 2 heterocycles. The summed E-state index contributed by atoms with van der Waals surface area (Å²) >= 11 is 0. The fraction of sp³-hybridized carbons (Fsp3) is 0.0377. The molecule has 1 aliphatic rings. The summed E-state index contributed by atoms with van der Waals surface area (Å²) in [7, 11) is 0. The summed E-state index contributed by atoms with van der Waals surface area (Å²) in [5, 5.41) is 7.09. The average molecular weight is 729 g/mol. The number of hydrogen-bond acceptors (Lipinski definition) is 3. The molecule has 0 N–H and O–H groups in total. The average Bonchev–Trinajstić information content (AvgIpc) is 3.61. The molecule has 4 nitrogen and oxygen atoms in total. The van der Waals surface area contributed by atoms with Crippen molar-refractivity contribution >= 4 is 48.9 Å². The number of benzene rings is 8. The van der Waals surface area contributed by atoms with Crippen LogP contribution in [0.15, 0.2) is 194 Å². The van der Waals surface area contributed by atoms with Crippen LogP contribution in [-0.4, -0.2) is 19.5 Å². The number of para-hydroxylation sites is 1. The molecule has 0 saturated carbocycles. The summed E-state index contributed by atoms with van der Waals surface area (Å²) in [5.74, 6) is 1.93. The second-order valence-electron chi connectivity index (χ2n) is 14.6. The number of aromatic nitrogens is 4. The van der Waals surface area contributed by atoms with Gasteiger partial charge >= 0.3 is 0 Å². The lowest BCUT2D eigenvalue weighted by atomic mass is 9.83. The van der Waals surface area contributed by atoms with Crippen molar-refractivity contribution < 1.29 is 0 Å². The normalized spacial score (nSPS) is 12.8. The van der Waals surface area contributed by atoms with Crippen LogP contribution in [0, 0.1) is 0 Å². The van der Waals surface area contributed by atoms with Crippen molar-refractivity contribution in [1.82, 2.24) is 19.5 Å². The third-order valence-corrected chi connectivity index (χ3v) is 11.2. The van der Waals surface area contributed by atoms with E-state index in [9.17, 15) is 0 Å². The maximum Gasteiger partial charge on any atom is 0.165 e. The highest BCUT2D eigenvalue weighted by molar-refractivity contribution is 6.18. The molecule has 0 aliphatic heterocycles. The Kier molecular flexibility index (Phi) is 7.92. The van der Waals surface area contributed by atoms with E-state index in [2.05, 4.69) is 162 Å². The van der Waals surface area contributed by atoms with Crippen LogP contribution in [0.2, 0.25) is 0 Å². The van der Waals surface area contributed by atoms with Crippen molar-refractivity contribution in [3.05, 3.63) is 200 Å². The fourth-order valence-corrected chi connectivity index (χ4v) is 8.67. The van der Waals surface area contributed by atoms with E-state index in [0.29, 0.717) is 17.5 Å². The highest BCUT2D eigenvalue weighted by atomic mass is 15.0. The Morgan fingerprint density at radius 1 is 0.386 bits per heavy atom. The van der Waals surface area contributed by atoms with Gasteiger partial charge in [0.1, 0.15) is 0 Å². The molecule has 10 aromatic rings. The Morgan fingerprint density at radius 3 is 1.58 bits per heavy atom. The minimum atomic E-state index is 0.641. The lowest BCUT2D eigenvalue weighted by Crippen LogP contribution is -2.08. The van der Waals surface area contributed by atoms with Crippen LogP contribution < -0.4 is 0 Å². The minimum absolute atomic E-state index is 0.641. The van der Waals surface area contributed by atoms with Crippen LogP contribution in [0.5, 0.6) is 0 Å². The number of fused-ring (bicyclic) bond motifs is 5. The van der Waals surface area contributed by atoms with Crippen LogP contribution >= 0.6 is 0 Å². The molecule has 8 aromatic carbocycles. The molecule has 0 unspecified atom stereocenters. The van der Waals surface area contributed by atoms with E-state index in [0.717, 1.165) is 73.8 Å². The van der Waals surface area contributed by atoms with Crippen molar-refractivity contribution in [2.75, 3.05) is 0 Å². The minimum Gasteiger partial charge on any atom is -0.308 e. The Hall–Kier alpha value is -7.43. The maximum absolute atomic E-state index is 5.39. The lowest BCUT2D eigenvalue weighted by Gasteiger charge is -2.26. The molecule has 1 aliphatic carbocycles. The SMILES string of the molecule is C1=CC(c2c(-c3ccccc3)c(-n3c4ccccc4c4cc5ccccc5cc43)c3ccccc3c2-c2nc(-c3ccccc3)nc(-c3ccccc3)n2)=CCC1. The monoisotopic (exact) mass is 728 g/mol. The summed E-state index contributed by atoms with van der Waals surface area (Å²) in [6.07, 6.45) is 8.94. The first-order valence-electron chi connectivity index (χ1n) is 19.6. The quantitative estimate of drug-likeness (QED) is 0.171. The summed E-state index contributed by atoms with van der Waals surface area (Å²) < 4.78 is 2.51. The molecule has 0 spiro atoms. The van der Waals surface area contributed by atoms with E-state index in [1.54, 1.807) is 0 Å². The van der Waals surface area contributed by atoms with Crippen molar-refractivity contribution in [3.8, 4) is 51.0 Å². The Labute approximate surface area is 330 Å². The van der Waals surface area contributed by atoms with Crippen molar-refractivity contribution in [3.63, 3.8) is 0 Å². The van der Waals surface area contributed by atoms with Crippen molar-refractivity contribution in [2.45, 2.75) is 12.8 Å². The van der Waals surface area contributed by atoms with Crippen LogP contribution in [0.3, 0.4) is 0 Å². The first-order chi connectivity index (χ1) is 28.3. The molecule has 4 heteroatoms. The van der Waals surface area contributed by atoms with E-state index in [-0.39, 0.29) is 0 Å². The third-order valence-electron chi connectivity index (χ3n) is 11.2. The van der Waals surface area contributed by atoms with E-state index in [1.807, 2.05) is 36.4 Å². The summed E-state index contributed by atoms with van der Waals surface area (Å²) in [4.78, 5) is 15.9. The number of nitrogens with zero attached hydrogens (tertiary/aromatic N) is 4. The second-order valence-corrected chi connectivity index (χ2v) is 14.6. The highest BCUT2D eigenvalue weighted by Gasteiger charge is 2.28. The van der Waals surface area contributed by atoms with Gasteiger partial charge in [-0.05, 0) is 58.3 Å². The zero-order chi connectivity index (χ0) is 37.7. The molecule has 0 radical (unpaired) electrons. The maximum atomic E-state index is 5.39. The molecule has 0 saturated heterocycles. The first-order valence-corrected chi connectivity index (χ1v) is 19.6. The van der Waals surface area contributed by atoms with Gasteiger partial charge in [0.05, 0.1) is 16.7 Å². The van der Waals surface area contributed by atoms with E-state index < -0.39 is 0 Å². The van der Waals surface area contributed by atoms with E-state index >= 15 is 0 Å². The van der Waals surface area contributed by atoms with Gasteiger partial charge < -0.3 is 4.57 Å². The van der Waals surface area contributed by atoms with Crippen molar-refractivity contribution in [2.24, 2.45) is 0 Å².